The Morgan fingerprint density at radius 3 is 2.45 bits per heavy atom. The van der Waals surface area contributed by atoms with Crippen LogP contribution in [0.5, 0.6) is 5.75 Å². The van der Waals surface area contributed by atoms with Gasteiger partial charge >= 0.3 is 0 Å². The molecule has 0 saturated carbocycles. The van der Waals surface area contributed by atoms with Crippen molar-refractivity contribution in [2.24, 2.45) is 5.92 Å². The van der Waals surface area contributed by atoms with Crippen LogP contribution in [0.1, 0.15) is 37.8 Å². The number of nitrogens with one attached hydrogen (secondary N) is 2. The number of hydrogen-bond acceptors (Lipinski definition) is 5. The van der Waals surface area contributed by atoms with Crippen LogP contribution in [0.3, 0.4) is 0 Å². The Labute approximate surface area is 225 Å². The van der Waals surface area contributed by atoms with Crippen LogP contribution in [0.25, 0.3) is 6.08 Å². The highest BCUT2D eigenvalue weighted by atomic mass is 16.5. The lowest BCUT2D eigenvalue weighted by Crippen LogP contribution is -2.59. The first-order valence-corrected chi connectivity index (χ1v) is 13.3. The van der Waals surface area contributed by atoms with Gasteiger partial charge in [-0.2, -0.15) is 0 Å². The zero-order chi connectivity index (χ0) is 27.2. The Morgan fingerprint density at radius 2 is 1.79 bits per heavy atom. The minimum Gasteiger partial charge on any atom is -0.488 e. The van der Waals surface area contributed by atoms with Gasteiger partial charge in [0.1, 0.15) is 23.9 Å². The zero-order valence-electron chi connectivity index (χ0n) is 22.6. The van der Waals surface area contributed by atoms with E-state index in [2.05, 4.69) is 10.6 Å². The molecule has 3 amide bonds. The molecule has 2 N–H and O–H groups in total. The molecule has 1 fully saturated rings. The van der Waals surface area contributed by atoms with Gasteiger partial charge in [0.2, 0.25) is 17.7 Å². The first-order chi connectivity index (χ1) is 18.3. The van der Waals surface area contributed by atoms with Crippen LogP contribution in [0.15, 0.2) is 60.8 Å². The van der Waals surface area contributed by atoms with E-state index in [0.717, 1.165) is 11.1 Å². The molecule has 1 saturated heterocycles. The van der Waals surface area contributed by atoms with Gasteiger partial charge in [-0.25, -0.2) is 0 Å². The summed E-state index contributed by atoms with van der Waals surface area (Å²) in [4.78, 5) is 44.5. The van der Waals surface area contributed by atoms with Crippen LogP contribution >= 0.6 is 0 Å². The van der Waals surface area contributed by atoms with Crippen molar-refractivity contribution < 1.29 is 19.1 Å². The third-order valence-electron chi connectivity index (χ3n) is 7.54. The lowest BCUT2D eigenvalue weighted by molar-refractivity contribution is -0.144. The minimum atomic E-state index is -0.863. The first kappa shape index (κ1) is 27.4. The number of fused-ring (bicyclic) bond motifs is 7. The third kappa shape index (κ3) is 6.25. The van der Waals surface area contributed by atoms with Crippen LogP contribution in [0.2, 0.25) is 0 Å². The van der Waals surface area contributed by atoms with Crippen molar-refractivity contribution in [2.45, 2.75) is 57.3 Å². The predicted octanol–water partition coefficient (Wildman–Crippen LogP) is 2.84. The molecule has 8 nitrogen and oxygen atoms in total. The summed E-state index contributed by atoms with van der Waals surface area (Å²) in [6.07, 6.45) is 4.59. The highest BCUT2D eigenvalue weighted by molar-refractivity contribution is 5.94. The number of benzene rings is 2. The number of amides is 3. The average Bonchev–Trinajstić information content (AvgIpc) is 3.34. The van der Waals surface area contributed by atoms with E-state index in [4.69, 9.17) is 4.74 Å². The highest BCUT2D eigenvalue weighted by Gasteiger charge is 2.46. The van der Waals surface area contributed by atoms with Gasteiger partial charge in [-0.3, -0.25) is 19.3 Å². The van der Waals surface area contributed by atoms with E-state index in [1.807, 2.05) is 87.4 Å². The molecule has 2 bridgehead atoms. The number of ether oxygens (including phenoxy) is 1. The van der Waals surface area contributed by atoms with Gasteiger partial charge in [0.15, 0.2) is 0 Å². The Bertz CT molecular complexity index is 1150. The van der Waals surface area contributed by atoms with E-state index < -0.39 is 24.2 Å². The van der Waals surface area contributed by atoms with Crippen molar-refractivity contribution in [2.75, 3.05) is 20.6 Å². The summed E-state index contributed by atoms with van der Waals surface area (Å²) in [7, 11) is 3.75. The number of likely N-dealkylation sites (tertiary alicyclic amines) is 1. The van der Waals surface area contributed by atoms with E-state index in [9.17, 15) is 14.4 Å². The van der Waals surface area contributed by atoms with Crippen molar-refractivity contribution >= 4 is 23.8 Å². The second kappa shape index (κ2) is 12.3. The quantitative estimate of drug-likeness (QED) is 0.614. The van der Waals surface area contributed by atoms with Gasteiger partial charge in [-0.05, 0) is 55.8 Å². The summed E-state index contributed by atoms with van der Waals surface area (Å²) in [5.41, 5.74) is 1.96. The fourth-order valence-corrected chi connectivity index (χ4v) is 5.05. The molecule has 0 radical (unpaired) electrons. The van der Waals surface area contributed by atoms with E-state index in [1.165, 1.54) is 0 Å². The molecule has 0 unspecified atom stereocenters. The summed E-state index contributed by atoms with van der Waals surface area (Å²) >= 11 is 0. The van der Waals surface area contributed by atoms with E-state index >= 15 is 0 Å². The van der Waals surface area contributed by atoms with Crippen LogP contribution in [-0.4, -0.2) is 72.4 Å². The standard InChI is InChI=1S/C30H38N4O4/c1-5-20(2)26-28(35)31-17-15-21-11-13-23(14-12-21)38-25-16-18-34(27(25)29(36)32-26)30(37)24(33(3)4)19-22-9-7-6-8-10-22/h6-15,17,20,24-27H,5,16,18-19H2,1-4H3,(H,31,35)(H,32,36)/b17-15-/t20-,24-,25-,26-,27-/m0/s1. The molecule has 5 atom stereocenters. The second-order valence-electron chi connectivity index (χ2n) is 10.4. The fourth-order valence-electron chi connectivity index (χ4n) is 5.05. The predicted molar refractivity (Wildman–Crippen MR) is 147 cm³/mol. The summed E-state index contributed by atoms with van der Waals surface area (Å²) < 4.78 is 6.30. The first-order valence-electron chi connectivity index (χ1n) is 13.3. The number of likely N-dealkylation sites (N-methyl/N-ethyl adjacent to an activating group) is 1. The molecule has 2 aromatic carbocycles. The lowest BCUT2D eigenvalue weighted by Gasteiger charge is -2.34. The molecular weight excluding hydrogens is 480 g/mol. The molecule has 38 heavy (non-hydrogen) atoms. The van der Waals surface area contributed by atoms with E-state index in [-0.39, 0.29) is 23.6 Å². The van der Waals surface area contributed by atoms with Crippen molar-refractivity contribution in [3.8, 4) is 5.75 Å². The lowest BCUT2D eigenvalue weighted by atomic mass is 9.97. The monoisotopic (exact) mass is 518 g/mol. The minimum absolute atomic E-state index is 0.101. The van der Waals surface area contributed by atoms with Crippen LogP contribution in [-0.2, 0) is 20.8 Å². The topological polar surface area (TPSA) is 91.0 Å². The van der Waals surface area contributed by atoms with E-state index in [0.29, 0.717) is 31.6 Å². The molecule has 0 spiro atoms. The second-order valence-corrected chi connectivity index (χ2v) is 10.4. The Hall–Kier alpha value is -3.65. The highest BCUT2D eigenvalue weighted by Crippen LogP contribution is 2.27. The number of rotatable bonds is 6. The molecule has 8 heteroatoms. The molecule has 202 valence electrons. The van der Waals surface area contributed by atoms with Crippen LogP contribution in [0.4, 0.5) is 0 Å². The molecule has 5 rings (SSSR count). The molecule has 3 aliphatic rings. The van der Waals surface area contributed by atoms with Crippen LogP contribution < -0.4 is 15.4 Å². The van der Waals surface area contributed by atoms with Gasteiger partial charge in [0.05, 0.1) is 6.04 Å². The normalized spacial score (nSPS) is 24.0. The summed E-state index contributed by atoms with van der Waals surface area (Å²) in [6.45, 7) is 4.30. The maximum atomic E-state index is 14.0. The maximum absolute atomic E-state index is 14.0. The Balaban J connectivity index is 1.67. The summed E-state index contributed by atoms with van der Waals surface area (Å²) in [5.74, 6) is -0.269. The van der Waals surface area contributed by atoms with Gasteiger partial charge < -0.3 is 20.3 Å². The molecule has 0 aromatic heterocycles. The summed E-state index contributed by atoms with van der Waals surface area (Å²) in [6, 6.07) is 15.3. The number of carbonyl (C=O) groups excluding carboxylic acids is 3. The molecular formula is C30H38N4O4. The number of nitrogens with zero attached hydrogens (tertiary/aromatic N) is 2. The van der Waals surface area contributed by atoms with Gasteiger partial charge in [-0.15, -0.1) is 0 Å². The summed E-state index contributed by atoms with van der Waals surface area (Å²) in [5, 5.41) is 5.78. The van der Waals surface area contributed by atoms with Gasteiger partial charge in [0.25, 0.3) is 0 Å². The van der Waals surface area contributed by atoms with Crippen molar-refractivity contribution in [1.82, 2.24) is 20.4 Å². The smallest absolute Gasteiger partial charge is 0.247 e. The largest absolute Gasteiger partial charge is 0.488 e. The molecule has 2 aromatic rings. The average molecular weight is 519 g/mol. The maximum Gasteiger partial charge on any atom is 0.247 e. The Morgan fingerprint density at radius 1 is 1.08 bits per heavy atom. The molecule has 3 aliphatic heterocycles. The SMILES string of the molecule is CC[C@H](C)[C@@H]1NC(=O)[C@@H]2[C@H](CCN2C(=O)[C@H](Cc2ccccc2)N(C)C)Oc2ccc(cc2)/C=C\NC1=O. The van der Waals surface area contributed by atoms with Crippen molar-refractivity contribution in [3.63, 3.8) is 0 Å². The fraction of sp³-hybridized carbons (Fsp3) is 0.433. The third-order valence-corrected chi connectivity index (χ3v) is 7.54. The number of hydrogen-bond donors (Lipinski definition) is 2. The van der Waals surface area contributed by atoms with Crippen molar-refractivity contribution in [3.05, 3.63) is 71.9 Å². The Kier molecular flexibility index (Phi) is 8.84. The van der Waals surface area contributed by atoms with Gasteiger partial charge in [-0.1, -0.05) is 62.7 Å². The van der Waals surface area contributed by atoms with Crippen molar-refractivity contribution in [1.29, 1.82) is 0 Å². The van der Waals surface area contributed by atoms with Crippen LogP contribution in [0, 0.1) is 5.92 Å². The van der Waals surface area contributed by atoms with E-state index in [1.54, 1.807) is 17.2 Å². The molecule has 0 aliphatic carbocycles. The van der Waals surface area contributed by atoms with Gasteiger partial charge in [0, 0.05) is 19.2 Å². The molecule has 3 heterocycles. The number of carbonyl (C=O) groups is 3. The zero-order valence-corrected chi connectivity index (χ0v) is 22.6.